The Morgan fingerprint density at radius 3 is 3.09 bits per heavy atom. The predicted octanol–water partition coefficient (Wildman–Crippen LogP) is 1.82. The van der Waals surface area contributed by atoms with Gasteiger partial charge in [0.1, 0.15) is 5.82 Å². The molecule has 0 saturated carbocycles. The Hall–Kier alpha value is -2.18. The Morgan fingerprint density at radius 1 is 1.45 bits per heavy atom. The molecule has 1 aliphatic heterocycles. The van der Waals surface area contributed by atoms with Crippen molar-refractivity contribution in [2.24, 2.45) is 0 Å². The maximum absolute atomic E-state index is 11.9. The van der Waals surface area contributed by atoms with E-state index in [-0.39, 0.29) is 18.4 Å². The number of pyridine rings is 1. The molecule has 1 fully saturated rings. The monoisotopic (exact) mass is 316 g/mol. The van der Waals surface area contributed by atoms with E-state index < -0.39 is 0 Å². The Kier molecular flexibility index (Phi) is 3.20. The Bertz CT molecular complexity index is 872. The Morgan fingerprint density at radius 2 is 2.32 bits per heavy atom. The van der Waals surface area contributed by atoms with Crippen LogP contribution in [-0.4, -0.2) is 40.1 Å². The highest BCUT2D eigenvalue weighted by molar-refractivity contribution is 6.31. The molecule has 1 amide bonds. The number of imidazole rings is 1. The summed E-state index contributed by atoms with van der Waals surface area (Å²) in [6.07, 6.45) is 1.92. The molecule has 1 saturated heterocycles. The number of aromatic nitrogens is 3. The standard InChI is InChI=1S/C15H13ClN4O2/c16-8-1-2-11-10(3-8)15-12(5-17-11)19-13(20-15)4-14(21)18-9-6-22-7-9/h1-3,5,9H,4,6-7H2,(H,18,21)(H,19,20). The minimum absolute atomic E-state index is 0.0670. The minimum Gasteiger partial charge on any atom is -0.377 e. The number of hydrogen-bond donors (Lipinski definition) is 2. The van der Waals surface area contributed by atoms with Crippen LogP contribution in [0.2, 0.25) is 5.02 Å². The Balaban J connectivity index is 1.66. The van der Waals surface area contributed by atoms with Crippen LogP contribution in [0, 0.1) is 0 Å². The molecule has 112 valence electrons. The van der Waals surface area contributed by atoms with Gasteiger partial charge in [0.25, 0.3) is 0 Å². The van der Waals surface area contributed by atoms with Crippen molar-refractivity contribution in [1.29, 1.82) is 0 Å². The number of rotatable bonds is 3. The average molecular weight is 317 g/mol. The number of nitrogens with one attached hydrogen (secondary N) is 2. The third kappa shape index (κ3) is 2.40. The Labute approximate surface area is 130 Å². The minimum atomic E-state index is -0.0670. The first-order chi connectivity index (χ1) is 10.7. The summed E-state index contributed by atoms with van der Waals surface area (Å²) in [4.78, 5) is 24.0. The van der Waals surface area contributed by atoms with Gasteiger partial charge >= 0.3 is 0 Å². The highest BCUT2D eigenvalue weighted by Crippen LogP contribution is 2.24. The molecule has 2 N–H and O–H groups in total. The zero-order valence-corrected chi connectivity index (χ0v) is 12.4. The molecular formula is C15H13ClN4O2. The summed E-state index contributed by atoms with van der Waals surface area (Å²) in [7, 11) is 0. The molecule has 0 atom stereocenters. The maximum atomic E-state index is 11.9. The van der Waals surface area contributed by atoms with E-state index >= 15 is 0 Å². The quantitative estimate of drug-likeness (QED) is 0.772. The molecule has 1 aromatic carbocycles. The van der Waals surface area contributed by atoms with Gasteiger partial charge in [-0.3, -0.25) is 9.78 Å². The van der Waals surface area contributed by atoms with Gasteiger partial charge in [0.2, 0.25) is 5.91 Å². The van der Waals surface area contributed by atoms with Crippen molar-refractivity contribution in [2.75, 3.05) is 13.2 Å². The van der Waals surface area contributed by atoms with Crippen molar-refractivity contribution in [3.63, 3.8) is 0 Å². The third-order valence-electron chi connectivity index (χ3n) is 3.66. The molecule has 6 nitrogen and oxygen atoms in total. The van der Waals surface area contributed by atoms with Gasteiger partial charge < -0.3 is 15.0 Å². The summed E-state index contributed by atoms with van der Waals surface area (Å²) in [6.45, 7) is 1.16. The van der Waals surface area contributed by atoms with E-state index in [0.717, 1.165) is 21.9 Å². The highest BCUT2D eigenvalue weighted by Gasteiger charge is 2.21. The molecule has 1 aliphatic rings. The second-order valence-electron chi connectivity index (χ2n) is 5.34. The van der Waals surface area contributed by atoms with E-state index in [0.29, 0.717) is 24.1 Å². The number of nitrogens with zero attached hydrogens (tertiary/aromatic N) is 2. The fourth-order valence-corrected chi connectivity index (χ4v) is 2.69. The number of carbonyl (C=O) groups excluding carboxylic acids is 1. The molecule has 0 unspecified atom stereocenters. The molecule has 3 aromatic rings. The van der Waals surface area contributed by atoms with Gasteiger partial charge in [-0.15, -0.1) is 0 Å². The first-order valence-electron chi connectivity index (χ1n) is 6.99. The van der Waals surface area contributed by atoms with Gasteiger partial charge in [-0.1, -0.05) is 11.6 Å². The number of hydrogen-bond acceptors (Lipinski definition) is 4. The van der Waals surface area contributed by atoms with Gasteiger partial charge in [-0.2, -0.15) is 0 Å². The summed E-state index contributed by atoms with van der Waals surface area (Å²) in [6, 6.07) is 5.61. The molecule has 7 heteroatoms. The van der Waals surface area contributed by atoms with Gasteiger partial charge in [0, 0.05) is 10.4 Å². The number of halogens is 1. The molecular weight excluding hydrogens is 304 g/mol. The normalized spacial score (nSPS) is 15.1. The van der Waals surface area contributed by atoms with Crippen LogP contribution in [0.1, 0.15) is 5.82 Å². The molecule has 0 radical (unpaired) electrons. The molecule has 2 aromatic heterocycles. The molecule has 4 rings (SSSR count). The van der Waals surface area contributed by atoms with E-state index in [2.05, 4.69) is 20.3 Å². The molecule has 3 heterocycles. The van der Waals surface area contributed by atoms with Crippen molar-refractivity contribution in [1.82, 2.24) is 20.3 Å². The van der Waals surface area contributed by atoms with E-state index in [1.807, 2.05) is 12.1 Å². The van der Waals surface area contributed by atoms with Crippen LogP contribution >= 0.6 is 11.6 Å². The lowest BCUT2D eigenvalue weighted by Gasteiger charge is -2.26. The summed E-state index contributed by atoms with van der Waals surface area (Å²) in [5.74, 6) is 0.546. The number of benzene rings is 1. The van der Waals surface area contributed by atoms with Crippen molar-refractivity contribution in [3.8, 4) is 0 Å². The number of H-pyrrole nitrogens is 1. The third-order valence-corrected chi connectivity index (χ3v) is 3.89. The largest absolute Gasteiger partial charge is 0.377 e. The second-order valence-corrected chi connectivity index (χ2v) is 5.78. The number of ether oxygens (including phenoxy) is 1. The number of amides is 1. The van der Waals surface area contributed by atoms with Gasteiger partial charge in [0.05, 0.1) is 48.4 Å². The summed E-state index contributed by atoms with van der Waals surface area (Å²) >= 11 is 6.05. The fraction of sp³-hybridized carbons (Fsp3) is 0.267. The SMILES string of the molecule is O=C(Cc1nc2c(cnc3ccc(Cl)cc32)[nH]1)NC1COC1. The lowest BCUT2D eigenvalue weighted by Crippen LogP contribution is -2.49. The van der Waals surface area contributed by atoms with Crippen LogP contribution < -0.4 is 5.32 Å². The topological polar surface area (TPSA) is 79.9 Å². The predicted molar refractivity (Wildman–Crippen MR) is 82.9 cm³/mol. The van der Waals surface area contributed by atoms with Crippen molar-refractivity contribution in [2.45, 2.75) is 12.5 Å². The first-order valence-corrected chi connectivity index (χ1v) is 7.37. The average Bonchev–Trinajstić information content (AvgIpc) is 2.86. The van der Waals surface area contributed by atoms with Crippen molar-refractivity contribution >= 4 is 39.4 Å². The summed E-state index contributed by atoms with van der Waals surface area (Å²) < 4.78 is 5.03. The van der Waals surface area contributed by atoms with Crippen LogP contribution in [0.4, 0.5) is 0 Å². The van der Waals surface area contributed by atoms with Crippen LogP contribution in [0.25, 0.3) is 21.9 Å². The number of fused-ring (bicyclic) bond motifs is 3. The van der Waals surface area contributed by atoms with Gasteiger partial charge in [-0.05, 0) is 18.2 Å². The molecule has 0 aliphatic carbocycles. The summed E-state index contributed by atoms with van der Waals surface area (Å²) in [5, 5.41) is 4.40. The molecule has 0 bridgehead atoms. The van der Waals surface area contributed by atoms with Gasteiger partial charge in [-0.25, -0.2) is 4.98 Å². The molecule has 0 spiro atoms. The van der Waals surface area contributed by atoms with Crippen LogP contribution in [0.15, 0.2) is 24.4 Å². The highest BCUT2D eigenvalue weighted by atomic mass is 35.5. The smallest absolute Gasteiger partial charge is 0.227 e. The van der Waals surface area contributed by atoms with E-state index in [9.17, 15) is 4.79 Å². The van der Waals surface area contributed by atoms with E-state index in [1.165, 1.54) is 0 Å². The lowest BCUT2D eigenvalue weighted by atomic mass is 10.2. The maximum Gasteiger partial charge on any atom is 0.227 e. The lowest BCUT2D eigenvalue weighted by molar-refractivity contribution is -0.124. The van der Waals surface area contributed by atoms with Crippen LogP contribution in [0.3, 0.4) is 0 Å². The van der Waals surface area contributed by atoms with Crippen molar-refractivity contribution in [3.05, 3.63) is 35.2 Å². The van der Waals surface area contributed by atoms with Crippen LogP contribution in [0.5, 0.6) is 0 Å². The number of aromatic amines is 1. The summed E-state index contributed by atoms with van der Waals surface area (Å²) in [5.41, 5.74) is 2.40. The number of carbonyl (C=O) groups is 1. The van der Waals surface area contributed by atoms with E-state index in [4.69, 9.17) is 16.3 Å². The zero-order chi connectivity index (χ0) is 15.1. The fourth-order valence-electron chi connectivity index (χ4n) is 2.51. The zero-order valence-electron chi connectivity index (χ0n) is 11.6. The van der Waals surface area contributed by atoms with Crippen molar-refractivity contribution < 1.29 is 9.53 Å². The van der Waals surface area contributed by atoms with E-state index in [1.54, 1.807) is 12.3 Å². The first kappa shape index (κ1) is 13.5. The molecule has 22 heavy (non-hydrogen) atoms. The van der Waals surface area contributed by atoms with Crippen LogP contribution in [-0.2, 0) is 16.0 Å². The second kappa shape index (κ2) is 5.23. The van der Waals surface area contributed by atoms with Gasteiger partial charge in [0.15, 0.2) is 0 Å².